The number of fused-ring (bicyclic) bond motifs is 2. The number of likely N-dealkylation sites (tertiary alicyclic amines) is 1. The van der Waals surface area contributed by atoms with Crippen LogP contribution in [-0.2, 0) is 4.79 Å². The van der Waals surface area contributed by atoms with E-state index in [1.807, 2.05) is 0 Å². The highest BCUT2D eigenvalue weighted by Gasteiger charge is 2.43. The Morgan fingerprint density at radius 3 is 2.73 bits per heavy atom. The Bertz CT molecular complexity index is 702. The van der Waals surface area contributed by atoms with Gasteiger partial charge in [-0.2, -0.15) is 0 Å². The van der Waals surface area contributed by atoms with Crippen molar-refractivity contribution < 1.29 is 4.79 Å². The van der Waals surface area contributed by atoms with Gasteiger partial charge in [0.2, 0.25) is 5.91 Å². The molecule has 2 aromatic rings. The zero-order valence-electron chi connectivity index (χ0n) is 13.2. The molecular formula is C20H23NO. The van der Waals surface area contributed by atoms with Crippen LogP contribution in [0, 0.1) is 5.92 Å². The first-order valence-corrected chi connectivity index (χ1v) is 8.54. The van der Waals surface area contributed by atoms with Gasteiger partial charge in [0.15, 0.2) is 0 Å². The van der Waals surface area contributed by atoms with Gasteiger partial charge in [-0.05, 0) is 42.0 Å². The Kier molecular flexibility index (Phi) is 3.40. The normalized spacial score (nSPS) is 26.2. The summed E-state index contributed by atoms with van der Waals surface area (Å²) < 4.78 is 0. The smallest absolute Gasteiger partial charge is 0.223 e. The second kappa shape index (κ2) is 5.42. The second-order valence-electron chi connectivity index (χ2n) is 6.86. The Hall–Kier alpha value is -1.83. The highest BCUT2D eigenvalue weighted by Crippen LogP contribution is 2.42. The third-order valence-corrected chi connectivity index (χ3v) is 5.64. The Morgan fingerprint density at radius 2 is 1.82 bits per heavy atom. The quantitative estimate of drug-likeness (QED) is 0.786. The summed E-state index contributed by atoms with van der Waals surface area (Å²) in [6.07, 6.45) is 5.75. The van der Waals surface area contributed by atoms with E-state index < -0.39 is 0 Å². The lowest BCUT2D eigenvalue weighted by Gasteiger charge is -2.36. The SMILES string of the molecule is C[C@@H](c1cccc2ccccc12)N1C(=O)C[C@@H]2CCCC[C@@H]21. The molecule has 1 heterocycles. The van der Waals surface area contributed by atoms with Gasteiger partial charge in [0.05, 0.1) is 6.04 Å². The predicted molar refractivity (Wildman–Crippen MR) is 89.6 cm³/mol. The highest BCUT2D eigenvalue weighted by molar-refractivity contribution is 5.87. The van der Waals surface area contributed by atoms with E-state index in [4.69, 9.17) is 0 Å². The van der Waals surface area contributed by atoms with E-state index in [0.717, 1.165) is 6.42 Å². The summed E-state index contributed by atoms with van der Waals surface area (Å²) in [5, 5.41) is 2.54. The van der Waals surface area contributed by atoms with Crippen LogP contribution in [0.25, 0.3) is 10.8 Å². The first-order valence-electron chi connectivity index (χ1n) is 8.54. The number of hydrogen-bond acceptors (Lipinski definition) is 1. The van der Waals surface area contributed by atoms with Gasteiger partial charge in [0, 0.05) is 12.5 Å². The number of rotatable bonds is 2. The first-order chi connectivity index (χ1) is 10.8. The molecule has 1 aliphatic carbocycles. The topological polar surface area (TPSA) is 20.3 Å². The summed E-state index contributed by atoms with van der Waals surface area (Å²) in [6, 6.07) is 15.6. The fourth-order valence-corrected chi connectivity index (χ4v) is 4.57. The van der Waals surface area contributed by atoms with E-state index in [-0.39, 0.29) is 6.04 Å². The molecule has 0 bridgehead atoms. The van der Waals surface area contributed by atoms with Gasteiger partial charge in [-0.1, -0.05) is 55.3 Å². The lowest BCUT2D eigenvalue weighted by atomic mass is 9.84. The summed E-state index contributed by atoms with van der Waals surface area (Å²) in [5.41, 5.74) is 1.29. The van der Waals surface area contributed by atoms with Crippen molar-refractivity contribution in [1.82, 2.24) is 4.90 Å². The van der Waals surface area contributed by atoms with Crippen molar-refractivity contribution in [2.75, 3.05) is 0 Å². The molecule has 1 aliphatic heterocycles. The van der Waals surface area contributed by atoms with Crippen molar-refractivity contribution in [1.29, 1.82) is 0 Å². The highest BCUT2D eigenvalue weighted by atomic mass is 16.2. The van der Waals surface area contributed by atoms with Gasteiger partial charge in [-0.25, -0.2) is 0 Å². The molecule has 0 aromatic heterocycles. The van der Waals surface area contributed by atoms with Crippen molar-refractivity contribution in [3.8, 4) is 0 Å². The number of carbonyl (C=O) groups excluding carboxylic acids is 1. The predicted octanol–water partition coefficient (Wildman–Crippen LogP) is 4.69. The number of amides is 1. The van der Waals surface area contributed by atoms with Crippen LogP contribution in [0.3, 0.4) is 0 Å². The molecule has 0 radical (unpaired) electrons. The molecular weight excluding hydrogens is 270 g/mol. The zero-order valence-corrected chi connectivity index (χ0v) is 13.2. The van der Waals surface area contributed by atoms with Crippen LogP contribution in [0.5, 0.6) is 0 Å². The Morgan fingerprint density at radius 1 is 1.05 bits per heavy atom. The molecule has 1 saturated carbocycles. The maximum Gasteiger partial charge on any atom is 0.223 e. The van der Waals surface area contributed by atoms with E-state index in [9.17, 15) is 4.79 Å². The molecule has 1 saturated heterocycles. The van der Waals surface area contributed by atoms with E-state index >= 15 is 0 Å². The first kappa shape index (κ1) is 13.8. The molecule has 2 aliphatic rings. The van der Waals surface area contributed by atoms with Crippen LogP contribution in [-0.4, -0.2) is 16.8 Å². The molecule has 0 unspecified atom stereocenters. The van der Waals surface area contributed by atoms with Gasteiger partial charge >= 0.3 is 0 Å². The standard InChI is InChI=1S/C20H23NO/c1-14(17-11-6-9-15-7-2-4-10-18(15)17)21-19-12-5-3-8-16(19)13-20(21)22/h2,4,6-7,9-11,14,16,19H,3,5,8,12-13H2,1H3/t14-,16-,19-/m0/s1. The summed E-state index contributed by atoms with van der Waals surface area (Å²) in [6.45, 7) is 2.21. The largest absolute Gasteiger partial charge is 0.333 e. The van der Waals surface area contributed by atoms with Crippen LogP contribution in [0.1, 0.15) is 50.6 Å². The Labute approximate surface area is 132 Å². The minimum absolute atomic E-state index is 0.173. The molecule has 22 heavy (non-hydrogen) atoms. The van der Waals surface area contributed by atoms with Gasteiger partial charge in [-0.3, -0.25) is 4.79 Å². The summed E-state index contributed by atoms with van der Waals surface area (Å²) in [7, 11) is 0. The minimum Gasteiger partial charge on any atom is -0.333 e. The van der Waals surface area contributed by atoms with Crippen LogP contribution in [0.15, 0.2) is 42.5 Å². The molecule has 114 valence electrons. The maximum absolute atomic E-state index is 12.6. The van der Waals surface area contributed by atoms with Gasteiger partial charge in [0.1, 0.15) is 0 Å². The lowest BCUT2D eigenvalue weighted by molar-refractivity contribution is -0.131. The van der Waals surface area contributed by atoms with Crippen LogP contribution in [0.2, 0.25) is 0 Å². The van der Waals surface area contributed by atoms with Crippen molar-refractivity contribution in [3.05, 3.63) is 48.0 Å². The molecule has 3 atom stereocenters. The maximum atomic E-state index is 12.6. The second-order valence-corrected chi connectivity index (χ2v) is 6.86. The van der Waals surface area contributed by atoms with Crippen molar-refractivity contribution in [2.45, 2.75) is 51.1 Å². The average Bonchev–Trinajstić information content (AvgIpc) is 2.89. The van der Waals surface area contributed by atoms with Gasteiger partial charge in [0.25, 0.3) is 0 Å². The molecule has 0 spiro atoms. The van der Waals surface area contributed by atoms with Crippen LogP contribution in [0.4, 0.5) is 0 Å². The van der Waals surface area contributed by atoms with Crippen molar-refractivity contribution in [2.24, 2.45) is 5.92 Å². The van der Waals surface area contributed by atoms with Gasteiger partial charge < -0.3 is 4.90 Å². The minimum atomic E-state index is 0.173. The molecule has 1 amide bonds. The molecule has 0 N–H and O–H groups in total. The average molecular weight is 293 g/mol. The summed E-state index contributed by atoms with van der Waals surface area (Å²) in [4.78, 5) is 14.8. The number of nitrogens with zero attached hydrogens (tertiary/aromatic N) is 1. The molecule has 2 nitrogen and oxygen atoms in total. The zero-order chi connectivity index (χ0) is 15.1. The molecule has 2 heteroatoms. The Balaban J connectivity index is 1.73. The summed E-state index contributed by atoms with van der Waals surface area (Å²) in [5.74, 6) is 0.955. The van der Waals surface area contributed by atoms with Crippen molar-refractivity contribution >= 4 is 16.7 Å². The third-order valence-electron chi connectivity index (χ3n) is 5.64. The summed E-state index contributed by atoms with van der Waals surface area (Å²) >= 11 is 0. The number of carbonyl (C=O) groups is 1. The van der Waals surface area contributed by atoms with E-state index in [1.165, 1.54) is 42.0 Å². The van der Waals surface area contributed by atoms with Crippen molar-refractivity contribution in [3.63, 3.8) is 0 Å². The molecule has 2 aromatic carbocycles. The number of hydrogen-bond donors (Lipinski definition) is 0. The van der Waals surface area contributed by atoms with E-state index in [2.05, 4.69) is 54.3 Å². The molecule has 4 rings (SSSR count). The van der Waals surface area contributed by atoms with Gasteiger partial charge in [-0.15, -0.1) is 0 Å². The number of benzene rings is 2. The lowest BCUT2D eigenvalue weighted by Crippen LogP contribution is -2.38. The fraction of sp³-hybridized carbons (Fsp3) is 0.450. The fourth-order valence-electron chi connectivity index (χ4n) is 4.57. The van der Waals surface area contributed by atoms with E-state index in [0.29, 0.717) is 17.9 Å². The molecule has 2 fully saturated rings. The van der Waals surface area contributed by atoms with Crippen LogP contribution < -0.4 is 0 Å². The monoisotopic (exact) mass is 293 g/mol. The third kappa shape index (κ3) is 2.13. The van der Waals surface area contributed by atoms with E-state index in [1.54, 1.807) is 0 Å². The van der Waals surface area contributed by atoms with Crippen LogP contribution >= 0.6 is 0 Å².